The first-order valence-corrected chi connectivity index (χ1v) is 9.29. The van der Waals surface area contributed by atoms with E-state index in [0.29, 0.717) is 5.69 Å². The Hall–Kier alpha value is -3.00. The third-order valence-corrected chi connectivity index (χ3v) is 5.87. The molecule has 0 aliphatic heterocycles. The number of aromatic nitrogens is 2. The summed E-state index contributed by atoms with van der Waals surface area (Å²) < 4.78 is 40.3. The Morgan fingerprint density at radius 2 is 1.88 bits per heavy atom. The molecular formula is C18H16FN3O3S. The lowest BCUT2D eigenvalue weighted by Gasteiger charge is -2.14. The lowest BCUT2D eigenvalue weighted by Crippen LogP contribution is -2.19. The molecule has 0 saturated carbocycles. The highest BCUT2D eigenvalue weighted by molar-refractivity contribution is 7.90. The number of nitrogens with one attached hydrogen (secondary N) is 1. The van der Waals surface area contributed by atoms with E-state index in [4.69, 9.17) is 0 Å². The van der Waals surface area contributed by atoms with Gasteiger partial charge >= 0.3 is 0 Å². The highest BCUT2D eigenvalue weighted by Crippen LogP contribution is 2.27. The highest BCUT2D eigenvalue weighted by atomic mass is 32.2. The number of rotatable bonds is 5. The van der Waals surface area contributed by atoms with E-state index in [9.17, 15) is 17.6 Å². The average molecular weight is 373 g/mol. The zero-order valence-corrected chi connectivity index (χ0v) is 14.7. The summed E-state index contributed by atoms with van der Waals surface area (Å²) in [6.07, 6.45) is 4.06. The third-order valence-electron chi connectivity index (χ3n) is 3.91. The first-order valence-electron chi connectivity index (χ1n) is 7.79. The molecule has 3 rings (SSSR count). The SMILES string of the molecule is CC(c1ccccc1F)S(=O)(=O)n1ccc(NC(=O)c2ccccn2)c1. The molecule has 134 valence electrons. The molecule has 3 aromatic rings. The van der Waals surface area contributed by atoms with E-state index < -0.39 is 27.0 Å². The largest absolute Gasteiger partial charge is 0.319 e. The van der Waals surface area contributed by atoms with E-state index in [2.05, 4.69) is 10.3 Å². The molecule has 0 bridgehead atoms. The Morgan fingerprint density at radius 1 is 1.15 bits per heavy atom. The molecule has 1 atom stereocenters. The van der Waals surface area contributed by atoms with E-state index in [0.717, 1.165) is 3.97 Å². The van der Waals surface area contributed by atoms with Gasteiger partial charge in [-0.3, -0.25) is 13.8 Å². The van der Waals surface area contributed by atoms with Gasteiger partial charge in [0.05, 0.1) is 5.69 Å². The number of hydrogen-bond acceptors (Lipinski definition) is 4. The summed E-state index contributed by atoms with van der Waals surface area (Å²) in [5.74, 6) is -1.04. The molecule has 0 saturated heterocycles. The third kappa shape index (κ3) is 3.50. The molecule has 1 unspecified atom stereocenters. The Balaban J connectivity index is 1.82. The molecule has 6 nitrogen and oxygen atoms in total. The second-order valence-electron chi connectivity index (χ2n) is 5.61. The molecular weight excluding hydrogens is 357 g/mol. The molecule has 2 heterocycles. The van der Waals surface area contributed by atoms with Crippen LogP contribution in [0.25, 0.3) is 0 Å². The van der Waals surface area contributed by atoms with Gasteiger partial charge in [-0.15, -0.1) is 0 Å². The second kappa shape index (κ2) is 7.09. The lowest BCUT2D eigenvalue weighted by atomic mass is 10.1. The summed E-state index contributed by atoms with van der Waals surface area (Å²) in [6, 6.07) is 12.1. The zero-order chi connectivity index (χ0) is 18.7. The van der Waals surface area contributed by atoms with Crippen LogP contribution in [0, 0.1) is 5.82 Å². The molecule has 0 fully saturated rings. The van der Waals surface area contributed by atoms with Crippen molar-refractivity contribution in [2.45, 2.75) is 12.2 Å². The number of benzene rings is 1. The van der Waals surface area contributed by atoms with Gasteiger partial charge in [-0.1, -0.05) is 24.3 Å². The Labute approximate surface area is 150 Å². The fourth-order valence-electron chi connectivity index (χ4n) is 2.45. The molecule has 2 aromatic heterocycles. The second-order valence-corrected chi connectivity index (χ2v) is 7.77. The van der Waals surface area contributed by atoms with Gasteiger partial charge in [0.1, 0.15) is 16.8 Å². The maximum absolute atomic E-state index is 13.9. The van der Waals surface area contributed by atoms with Crippen molar-refractivity contribution in [2.24, 2.45) is 0 Å². The van der Waals surface area contributed by atoms with Gasteiger partial charge in [0.15, 0.2) is 0 Å². The Morgan fingerprint density at radius 3 is 2.58 bits per heavy atom. The van der Waals surface area contributed by atoms with E-state index >= 15 is 0 Å². The monoisotopic (exact) mass is 373 g/mol. The first-order chi connectivity index (χ1) is 12.4. The van der Waals surface area contributed by atoms with Gasteiger partial charge < -0.3 is 5.32 Å². The van der Waals surface area contributed by atoms with Crippen molar-refractivity contribution in [3.05, 3.63) is 84.2 Å². The molecule has 26 heavy (non-hydrogen) atoms. The van der Waals surface area contributed by atoms with Crippen molar-refractivity contribution in [1.82, 2.24) is 8.96 Å². The number of anilines is 1. The number of carbonyl (C=O) groups is 1. The maximum atomic E-state index is 13.9. The summed E-state index contributed by atoms with van der Waals surface area (Å²) in [6.45, 7) is 1.42. The highest BCUT2D eigenvalue weighted by Gasteiger charge is 2.26. The predicted octanol–water partition coefficient (Wildman–Crippen LogP) is 3.21. The van der Waals surface area contributed by atoms with Crippen LogP contribution in [0.4, 0.5) is 10.1 Å². The minimum Gasteiger partial charge on any atom is -0.319 e. The molecule has 1 N–H and O–H groups in total. The topological polar surface area (TPSA) is 81.1 Å². The normalized spacial score (nSPS) is 12.5. The number of carbonyl (C=O) groups excluding carboxylic acids is 1. The van der Waals surface area contributed by atoms with Gasteiger partial charge in [-0.2, -0.15) is 0 Å². The smallest absolute Gasteiger partial charge is 0.274 e. The fourth-order valence-corrected chi connectivity index (χ4v) is 3.82. The van der Waals surface area contributed by atoms with Crippen molar-refractivity contribution in [3.63, 3.8) is 0 Å². The predicted molar refractivity (Wildman–Crippen MR) is 95.8 cm³/mol. The molecule has 8 heteroatoms. The molecule has 1 aromatic carbocycles. The quantitative estimate of drug-likeness (QED) is 0.745. The molecule has 0 aliphatic rings. The first kappa shape index (κ1) is 17.8. The molecule has 0 spiro atoms. The van der Waals surface area contributed by atoms with E-state index in [-0.39, 0.29) is 11.3 Å². The van der Waals surface area contributed by atoms with Crippen LogP contribution in [0.3, 0.4) is 0 Å². The Kier molecular flexibility index (Phi) is 4.85. The standard InChI is InChI=1S/C18H16FN3O3S/c1-13(15-6-2-3-7-16(15)19)26(24,25)22-11-9-14(12-22)21-18(23)17-8-4-5-10-20-17/h2-13H,1H3,(H,21,23). The van der Waals surface area contributed by atoms with Crippen LogP contribution in [-0.4, -0.2) is 23.3 Å². The van der Waals surface area contributed by atoms with Gasteiger partial charge in [-0.25, -0.2) is 12.8 Å². The van der Waals surface area contributed by atoms with Crippen molar-refractivity contribution in [2.75, 3.05) is 5.32 Å². The van der Waals surface area contributed by atoms with E-state index in [1.165, 1.54) is 49.8 Å². The fraction of sp³-hybridized carbons (Fsp3) is 0.111. The van der Waals surface area contributed by atoms with E-state index in [1.807, 2.05) is 0 Å². The summed E-state index contributed by atoms with van der Waals surface area (Å²) in [5.41, 5.74) is 0.591. The zero-order valence-electron chi connectivity index (χ0n) is 13.8. The van der Waals surface area contributed by atoms with Crippen LogP contribution >= 0.6 is 0 Å². The van der Waals surface area contributed by atoms with Crippen molar-refractivity contribution < 1.29 is 17.6 Å². The molecule has 0 radical (unpaired) electrons. The Bertz CT molecular complexity index is 1030. The minimum absolute atomic E-state index is 0.0836. The van der Waals surface area contributed by atoms with Crippen molar-refractivity contribution >= 4 is 21.6 Å². The molecule has 0 aliphatic carbocycles. The van der Waals surface area contributed by atoms with Gasteiger partial charge in [-0.05, 0) is 31.2 Å². The van der Waals surface area contributed by atoms with Crippen LogP contribution in [-0.2, 0) is 10.0 Å². The number of halogens is 1. The van der Waals surface area contributed by atoms with Gasteiger partial charge in [0, 0.05) is 24.2 Å². The lowest BCUT2D eigenvalue weighted by molar-refractivity contribution is 0.102. The van der Waals surface area contributed by atoms with Crippen molar-refractivity contribution in [1.29, 1.82) is 0 Å². The van der Waals surface area contributed by atoms with Crippen LogP contribution in [0.1, 0.15) is 28.2 Å². The van der Waals surface area contributed by atoms with E-state index in [1.54, 1.807) is 24.3 Å². The van der Waals surface area contributed by atoms with Gasteiger partial charge in [0.2, 0.25) is 10.0 Å². The number of amides is 1. The van der Waals surface area contributed by atoms with Crippen LogP contribution < -0.4 is 5.32 Å². The summed E-state index contributed by atoms with van der Waals surface area (Å²) >= 11 is 0. The van der Waals surface area contributed by atoms with Gasteiger partial charge in [0.25, 0.3) is 5.91 Å². The average Bonchev–Trinajstić information content (AvgIpc) is 3.11. The minimum atomic E-state index is -3.88. The number of nitrogens with zero attached hydrogens (tertiary/aromatic N) is 2. The summed E-state index contributed by atoms with van der Waals surface area (Å²) in [5, 5.41) is 1.49. The van der Waals surface area contributed by atoms with Crippen LogP contribution in [0.2, 0.25) is 0 Å². The summed E-state index contributed by atoms with van der Waals surface area (Å²) in [7, 11) is -3.88. The maximum Gasteiger partial charge on any atom is 0.274 e. The number of hydrogen-bond donors (Lipinski definition) is 1. The molecule has 1 amide bonds. The summed E-state index contributed by atoms with van der Waals surface area (Å²) in [4.78, 5) is 16.0. The van der Waals surface area contributed by atoms with Crippen LogP contribution in [0.15, 0.2) is 67.1 Å². The van der Waals surface area contributed by atoms with Crippen LogP contribution in [0.5, 0.6) is 0 Å². The van der Waals surface area contributed by atoms with Crippen molar-refractivity contribution in [3.8, 4) is 0 Å². The number of pyridine rings is 1.